The molecule has 2 rings (SSSR count). The first-order valence-corrected chi connectivity index (χ1v) is 7.06. The topological polar surface area (TPSA) is 57.3 Å². The van der Waals surface area contributed by atoms with E-state index in [0.29, 0.717) is 17.8 Å². The zero-order valence-corrected chi connectivity index (χ0v) is 12.9. The molecule has 0 unspecified atom stereocenters. The standard InChI is InChI=1S/C16H18F2N4O/c1-22(2)6-5-20-13-7-11(9-19-10-13)16(23)21-12-3-4-14(17)15(18)8-12/h3-4,7-10,20H,5-6H2,1-2H3,(H,21,23). The van der Waals surface area contributed by atoms with Gasteiger partial charge in [0.2, 0.25) is 0 Å². The molecule has 0 saturated carbocycles. The van der Waals surface area contributed by atoms with Gasteiger partial charge >= 0.3 is 0 Å². The molecule has 0 aliphatic carbocycles. The number of nitrogens with one attached hydrogen (secondary N) is 2. The van der Waals surface area contributed by atoms with Crippen molar-refractivity contribution in [2.75, 3.05) is 37.8 Å². The summed E-state index contributed by atoms with van der Waals surface area (Å²) in [4.78, 5) is 18.2. The maximum absolute atomic E-state index is 13.1. The molecule has 0 saturated heterocycles. The van der Waals surface area contributed by atoms with Crippen LogP contribution in [-0.2, 0) is 0 Å². The van der Waals surface area contributed by atoms with Gasteiger partial charge in [0.25, 0.3) is 5.91 Å². The molecule has 0 aliphatic rings. The van der Waals surface area contributed by atoms with Crippen molar-refractivity contribution >= 4 is 17.3 Å². The Labute approximate surface area is 133 Å². The van der Waals surface area contributed by atoms with Gasteiger partial charge in [0, 0.05) is 37.2 Å². The van der Waals surface area contributed by atoms with Crippen LogP contribution in [0, 0.1) is 11.6 Å². The molecule has 0 spiro atoms. The predicted octanol–water partition coefficient (Wildman–Crippen LogP) is 2.59. The van der Waals surface area contributed by atoms with E-state index in [1.807, 2.05) is 19.0 Å². The van der Waals surface area contributed by atoms with E-state index in [0.717, 1.165) is 18.7 Å². The average Bonchev–Trinajstić information content (AvgIpc) is 2.51. The van der Waals surface area contributed by atoms with E-state index in [9.17, 15) is 13.6 Å². The maximum atomic E-state index is 13.1. The molecule has 0 aliphatic heterocycles. The monoisotopic (exact) mass is 320 g/mol. The van der Waals surface area contributed by atoms with Crippen LogP contribution in [0.1, 0.15) is 10.4 Å². The first-order chi connectivity index (χ1) is 11.0. The van der Waals surface area contributed by atoms with Crippen LogP contribution in [0.25, 0.3) is 0 Å². The summed E-state index contributed by atoms with van der Waals surface area (Å²) >= 11 is 0. The van der Waals surface area contributed by atoms with Crippen LogP contribution >= 0.6 is 0 Å². The van der Waals surface area contributed by atoms with Gasteiger partial charge in [0.1, 0.15) is 0 Å². The van der Waals surface area contributed by atoms with E-state index in [4.69, 9.17) is 0 Å². The Balaban J connectivity index is 2.02. The van der Waals surface area contributed by atoms with Crippen molar-refractivity contribution in [1.29, 1.82) is 0 Å². The normalized spacial score (nSPS) is 10.7. The zero-order chi connectivity index (χ0) is 16.8. The number of likely N-dealkylation sites (N-methyl/N-ethyl adjacent to an activating group) is 1. The van der Waals surface area contributed by atoms with Gasteiger partial charge < -0.3 is 15.5 Å². The Morgan fingerprint density at radius 1 is 1.13 bits per heavy atom. The number of anilines is 2. The number of amides is 1. The van der Waals surface area contributed by atoms with Crippen molar-refractivity contribution in [2.45, 2.75) is 0 Å². The highest BCUT2D eigenvalue weighted by atomic mass is 19.2. The summed E-state index contributed by atoms with van der Waals surface area (Å²) in [7, 11) is 3.93. The van der Waals surface area contributed by atoms with Gasteiger partial charge in [-0.25, -0.2) is 8.78 Å². The van der Waals surface area contributed by atoms with Crippen molar-refractivity contribution in [3.8, 4) is 0 Å². The molecular weight excluding hydrogens is 302 g/mol. The molecular formula is C16H18F2N4O. The van der Waals surface area contributed by atoms with Gasteiger partial charge in [0.15, 0.2) is 11.6 Å². The predicted molar refractivity (Wildman–Crippen MR) is 85.6 cm³/mol. The average molecular weight is 320 g/mol. The molecule has 2 aromatic rings. The van der Waals surface area contributed by atoms with Crippen LogP contribution in [0.3, 0.4) is 0 Å². The second kappa shape index (κ2) is 7.64. The fourth-order valence-electron chi connectivity index (χ4n) is 1.86. The van der Waals surface area contributed by atoms with E-state index in [1.165, 1.54) is 12.3 Å². The number of carbonyl (C=O) groups excluding carboxylic acids is 1. The quantitative estimate of drug-likeness (QED) is 0.859. The third-order valence-electron chi connectivity index (χ3n) is 3.07. The molecule has 1 amide bonds. The van der Waals surface area contributed by atoms with E-state index in [2.05, 4.69) is 15.6 Å². The zero-order valence-electron chi connectivity index (χ0n) is 12.9. The summed E-state index contributed by atoms with van der Waals surface area (Å²) in [5, 5.41) is 5.66. The molecule has 5 nitrogen and oxygen atoms in total. The number of hydrogen-bond acceptors (Lipinski definition) is 4. The summed E-state index contributed by atoms with van der Waals surface area (Å²) in [6.07, 6.45) is 3.02. The van der Waals surface area contributed by atoms with Crippen LogP contribution < -0.4 is 10.6 Å². The molecule has 0 bridgehead atoms. The van der Waals surface area contributed by atoms with Crippen molar-refractivity contribution in [2.24, 2.45) is 0 Å². The molecule has 1 aromatic heterocycles. The van der Waals surface area contributed by atoms with Gasteiger partial charge in [-0.05, 0) is 32.3 Å². The summed E-state index contributed by atoms with van der Waals surface area (Å²) < 4.78 is 26.0. The molecule has 7 heteroatoms. The lowest BCUT2D eigenvalue weighted by atomic mass is 10.2. The van der Waals surface area contributed by atoms with Gasteiger partial charge in [-0.15, -0.1) is 0 Å². The highest BCUT2D eigenvalue weighted by Crippen LogP contribution is 2.15. The SMILES string of the molecule is CN(C)CCNc1cncc(C(=O)Nc2ccc(F)c(F)c2)c1. The fraction of sp³-hybridized carbons (Fsp3) is 0.250. The Bertz CT molecular complexity index is 692. The number of pyridine rings is 1. The van der Waals surface area contributed by atoms with E-state index < -0.39 is 17.5 Å². The highest BCUT2D eigenvalue weighted by Gasteiger charge is 2.09. The van der Waals surface area contributed by atoms with E-state index >= 15 is 0 Å². The maximum Gasteiger partial charge on any atom is 0.257 e. The van der Waals surface area contributed by atoms with Crippen LogP contribution in [0.4, 0.5) is 20.2 Å². The Hall–Kier alpha value is -2.54. The Morgan fingerprint density at radius 3 is 2.61 bits per heavy atom. The molecule has 0 fully saturated rings. The highest BCUT2D eigenvalue weighted by molar-refractivity contribution is 6.04. The lowest BCUT2D eigenvalue weighted by molar-refractivity contribution is 0.102. The van der Waals surface area contributed by atoms with Gasteiger partial charge in [-0.3, -0.25) is 9.78 Å². The minimum atomic E-state index is -1.01. The first kappa shape index (κ1) is 16.8. The van der Waals surface area contributed by atoms with Crippen molar-refractivity contribution in [3.63, 3.8) is 0 Å². The smallest absolute Gasteiger partial charge is 0.257 e. The lowest BCUT2D eigenvalue weighted by Crippen LogP contribution is -2.21. The molecule has 23 heavy (non-hydrogen) atoms. The molecule has 0 radical (unpaired) electrons. The van der Waals surface area contributed by atoms with Crippen LogP contribution in [0.5, 0.6) is 0 Å². The van der Waals surface area contributed by atoms with Gasteiger partial charge in [0.05, 0.1) is 11.3 Å². The van der Waals surface area contributed by atoms with Crippen molar-refractivity contribution in [3.05, 3.63) is 53.9 Å². The molecule has 0 atom stereocenters. The number of halogens is 2. The minimum Gasteiger partial charge on any atom is -0.382 e. The second-order valence-corrected chi connectivity index (χ2v) is 5.28. The molecule has 1 aromatic carbocycles. The molecule has 122 valence electrons. The second-order valence-electron chi connectivity index (χ2n) is 5.28. The lowest BCUT2D eigenvalue weighted by Gasteiger charge is -2.12. The van der Waals surface area contributed by atoms with Crippen LogP contribution in [0.2, 0.25) is 0 Å². The van der Waals surface area contributed by atoms with Crippen LogP contribution in [-0.4, -0.2) is 43.0 Å². The third-order valence-corrected chi connectivity index (χ3v) is 3.07. The Kier molecular flexibility index (Phi) is 5.59. The summed E-state index contributed by atoms with van der Waals surface area (Å²) in [6, 6.07) is 4.84. The van der Waals surface area contributed by atoms with E-state index in [-0.39, 0.29) is 5.69 Å². The first-order valence-electron chi connectivity index (χ1n) is 7.06. The van der Waals surface area contributed by atoms with Crippen LogP contribution in [0.15, 0.2) is 36.7 Å². The Morgan fingerprint density at radius 2 is 1.91 bits per heavy atom. The summed E-state index contributed by atoms with van der Waals surface area (Å²) in [5.41, 5.74) is 1.22. The number of benzene rings is 1. The number of carbonyl (C=O) groups is 1. The number of nitrogens with zero attached hydrogens (tertiary/aromatic N) is 2. The number of rotatable bonds is 6. The summed E-state index contributed by atoms with van der Waals surface area (Å²) in [5.74, 6) is -2.42. The number of hydrogen-bond donors (Lipinski definition) is 2. The van der Waals surface area contributed by atoms with Crippen molar-refractivity contribution < 1.29 is 13.6 Å². The summed E-state index contributed by atoms with van der Waals surface area (Å²) in [6.45, 7) is 1.55. The molecule has 2 N–H and O–H groups in total. The van der Waals surface area contributed by atoms with Crippen molar-refractivity contribution in [1.82, 2.24) is 9.88 Å². The van der Waals surface area contributed by atoms with Gasteiger partial charge in [-0.2, -0.15) is 0 Å². The minimum absolute atomic E-state index is 0.180. The number of aromatic nitrogens is 1. The molecule has 1 heterocycles. The van der Waals surface area contributed by atoms with E-state index in [1.54, 1.807) is 12.3 Å². The van der Waals surface area contributed by atoms with Gasteiger partial charge in [-0.1, -0.05) is 0 Å². The largest absolute Gasteiger partial charge is 0.382 e. The fourth-order valence-corrected chi connectivity index (χ4v) is 1.86. The third kappa shape index (κ3) is 5.00.